The first kappa shape index (κ1) is 14.3. The molecule has 0 spiro atoms. The van der Waals surface area contributed by atoms with Crippen molar-refractivity contribution >= 4 is 15.8 Å². The first-order valence-electron chi connectivity index (χ1n) is 5.86. The van der Waals surface area contributed by atoms with Gasteiger partial charge < -0.3 is 4.74 Å². The van der Waals surface area contributed by atoms with Gasteiger partial charge in [0.25, 0.3) is 10.0 Å². The Balaban J connectivity index is 2.33. The van der Waals surface area contributed by atoms with E-state index in [1.165, 1.54) is 25.4 Å². The van der Waals surface area contributed by atoms with Gasteiger partial charge in [-0.15, -0.1) is 0 Å². The number of aromatic amines is 1. The molecule has 108 valence electrons. The fourth-order valence-corrected chi connectivity index (χ4v) is 2.74. The maximum Gasteiger partial charge on any atom is 0.263 e. The topological polar surface area (TPSA) is 84.1 Å². The lowest BCUT2D eigenvalue weighted by Crippen LogP contribution is -2.14. The molecule has 8 heteroatoms. The van der Waals surface area contributed by atoms with Gasteiger partial charge in [0.1, 0.15) is 5.82 Å². The molecule has 0 atom stereocenters. The minimum absolute atomic E-state index is 0.0141. The van der Waals surface area contributed by atoms with Crippen LogP contribution in [-0.2, 0) is 16.4 Å². The van der Waals surface area contributed by atoms with E-state index in [4.69, 9.17) is 4.74 Å². The molecular formula is C12H14FN3O3S. The van der Waals surface area contributed by atoms with E-state index in [1.807, 2.05) is 6.92 Å². The standard InChI is InChI=1S/C12H14FN3O3S/c1-3-8-7-14-15-12(8)16-20(17,18)9-4-5-11(19-2)10(13)6-9/h4-7H,3H2,1-2H3,(H2,14,15,16). The molecule has 0 aliphatic carbocycles. The molecule has 0 saturated carbocycles. The third-order valence-electron chi connectivity index (χ3n) is 2.77. The predicted molar refractivity (Wildman–Crippen MR) is 71.7 cm³/mol. The number of hydrogen-bond acceptors (Lipinski definition) is 4. The molecule has 0 saturated heterocycles. The Bertz CT molecular complexity index is 712. The van der Waals surface area contributed by atoms with E-state index < -0.39 is 15.8 Å². The smallest absolute Gasteiger partial charge is 0.263 e. The van der Waals surface area contributed by atoms with Crippen molar-refractivity contribution in [1.29, 1.82) is 0 Å². The predicted octanol–water partition coefficient (Wildman–Crippen LogP) is 1.92. The second-order valence-electron chi connectivity index (χ2n) is 4.03. The van der Waals surface area contributed by atoms with Gasteiger partial charge in [-0.05, 0) is 24.6 Å². The van der Waals surface area contributed by atoms with Crippen LogP contribution in [0.5, 0.6) is 5.75 Å². The van der Waals surface area contributed by atoms with Gasteiger partial charge >= 0.3 is 0 Å². The van der Waals surface area contributed by atoms with Crippen LogP contribution in [0.4, 0.5) is 10.2 Å². The molecule has 0 aliphatic heterocycles. The van der Waals surface area contributed by atoms with Crippen LogP contribution in [0.15, 0.2) is 29.3 Å². The first-order chi connectivity index (χ1) is 9.47. The van der Waals surface area contributed by atoms with Gasteiger partial charge in [-0.3, -0.25) is 9.82 Å². The zero-order valence-electron chi connectivity index (χ0n) is 11.0. The molecule has 0 aliphatic rings. The molecule has 0 bridgehead atoms. The van der Waals surface area contributed by atoms with E-state index in [1.54, 1.807) is 0 Å². The summed E-state index contributed by atoms with van der Waals surface area (Å²) in [7, 11) is -2.57. The average Bonchev–Trinajstić information content (AvgIpc) is 2.85. The number of benzene rings is 1. The number of aromatic nitrogens is 2. The van der Waals surface area contributed by atoms with E-state index >= 15 is 0 Å². The van der Waals surface area contributed by atoms with Gasteiger partial charge in [0, 0.05) is 5.56 Å². The normalized spacial score (nSPS) is 11.3. The summed E-state index contributed by atoms with van der Waals surface area (Å²) in [6, 6.07) is 3.44. The summed E-state index contributed by atoms with van der Waals surface area (Å²) >= 11 is 0. The van der Waals surface area contributed by atoms with E-state index in [2.05, 4.69) is 14.9 Å². The maximum atomic E-state index is 13.6. The number of halogens is 1. The third-order valence-corrected chi connectivity index (χ3v) is 4.12. The Labute approximate surface area is 116 Å². The number of hydrogen-bond donors (Lipinski definition) is 2. The summed E-state index contributed by atoms with van der Waals surface area (Å²) in [5.74, 6) is -0.473. The van der Waals surface area contributed by atoms with Crippen molar-refractivity contribution < 1.29 is 17.5 Å². The number of rotatable bonds is 5. The quantitative estimate of drug-likeness (QED) is 0.883. The van der Waals surface area contributed by atoms with Crippen molar-refractivity contribution in [3.63, 3.8) is 0 Å². The Hall–Kier alpha value is -2.09. The summed E-state index contributed by atoms with van der Waals surface area (Å²) in [6.45, 7) is 1.87. The van der Waals surface area contributed by atoms with Crippen molar-refractivity contribution in [2.45, 2.75) is 18.2 Å². The number of aryl methyl sites for hydroxylation is 1. The molecule has 2 aromatic rings. The SMILES string of the molecule is CCc1cn[nH]c1NS(=O)(=O)c1ccc(OC)c(F)c1. The Kier molecular flexibility index (Phi) is 3.93. The van der Waals surface area contributed by atoms with E-state index in [0.717, 1.165) is 11.6 Å². The first-order valence-corrected chi connectivity index (χ1v) is 7.35. The van der Waals surface area contributed by atoms with Crippen LogP contribution < -0.4 is 9.46 Å². The molecule has 1 aromatic heterocycles. The van der Waals surface area contributed by atoms with Crippen LogP contribution in [0.1, 0.15) is 12.5 Å². The highest BCUT2D eigenvalue weighted by molar-refractivity contribution is 7.92. The number of nitrogens with zero attached hydrogens (tertiary/aromatic N) is 1. The summed E-state index contributed by atoms with van der Waals surface area (Å²) in [6.07, 6.45) is 2.15. The van der Waals surface area contributed by atoms with Crippen molar-refractivity contribution in [2.75, 3.05) is 11.8 Å². The van der Waals surface area contributed by atoms with Crippen LogP contribution in [0.25, 0.3) is 0 Å². The number of methoxy groups -OCH3 is 1. The van der Waals surface area contributed by atoms with E-state index in [9.17, 15) is 12.8 Å². The monoisotopic (exact) mass is 299 g/mol. The van der Waals surface area contributed by atoms with Crippen LogP contribution in [-0.4, -0.2) is 25.7 Å². The molecule has 20 heavy (non-hydrogen) atoms. The molecule has 0 fully saturated rings. The summed E-state index contributed by atoms with van der Waals surface area (Å²) < 4.78 is 45.0. The van der Waals surface area contributed by atoms with Gasteiger partial charge in [0.2, 0.25) is 0 Å². The number of anilines is 1. The molecule has 1 aromatic carbocycles. The minimum Gasteiger partial charge on any atom is -0.494 e. The number of ether oxygens (including phenoxy) is 1. The van der Waals surface area contributed by atoms with E-state index in [-0.39, 0.29) is 16.5 Å². The molecule has 0 unspecified atom stereocenters. The summed E-state index contributed by atoms with van der Waals surface area (Å²) in [5, 5.41) is 6.33. The average molecular weight is 299 g/mol. The van der Waals surface area contributed by atoms with Crippen molar-refractivity contribution in [2.24, 2.45) is 0 Å². The van der Waals surface area contributed by atoms with Crippen LogP contribution in [0, 0.1) is 5.82 Å². The number of H-pyrrole nitrogens is 1. The molecule has 1 heterocycles. The molecule has 2 N–H and O–H groups in total. The third kappa shape index (κ3) is 2.74. The lowest BCUT2D eigenvalue weighted by molar-refractivity contribution is 0.385. The zero-order chi connectivity index (χ0) is 14.8. The zero-order valence-corrected chi connectivity index (χ0v) is 11.8. The lowest BCUT2D eigenvalue weighted by Gasteiger charge is -2.09. The van der Waals surface area contributed by atoms with Crippen LogP contribution >= 0.6 is 0 Å². The molecule has 0 amide bonds. The van der Waals surface area contributed by atoms with Crippen LogP contribution in [0.3, 0.4) is 0 Å². The summed E-state index contributed by atoms with van der Waals surface area (Å²) in [4.78, 5) is -0.188. The van der Waals surface area contributed by atoms with Crippen molar-refractivity contribution in [3.8, 4) is 5.75 Å². The van der Waals surface area contributed by atoms with Gasteiger partial charge in [-0.2, -0.15) is 5.10 Å². The Morgan fingerprint density at radius 2 is 2.20 bits per heavy atom. The highest BCUT2D eigenvalue weighted by Crippen LogP contribution is 2.23. The second-order valence-corrected chi connectivity index (χ2v) is 5.71. The maximum absolute atomic E-state index is 13.6. The molecule has 0 radical (unpaired) electrons. The van der Waals surface area contributed by atoms with Crippen molar-refractivity contribution in [1.82, 2.24) is 10.2 Å². The van der Waals surface area contributed by atoms with Crippen LogP contribution in [0.2, 0.25) is 0 Å². The van der Waals surface area contributed by atoms with Gasteiger partial charge in [-0.25, -0.2) is 12.8 Å². The molecule has 6 nitrogen and oxygen atoms in total. The summed E-state index contributed by atoms with van der Waals surface area (Å²) in [5.41, 5.74) is 0.725. The fraction of sp³-hybridized carbons (Fsp3) is 0.250. The number of sulfonamides is 1. The van der Waals surface area contributed by atoms with Crippen molar-refractivity contribution in [3.05, 3.63) is 35.8 Å². The number of nitrogens with one attached hydrogen (secondary N) is 2. The molecular weight excluding hydrogens is 285 g/mol. The lowest BCUT2D eigenvalue weighted by atomic mass is 10.3. The Morgan fingerprint density at radius 1 is 1.45 bits per heavy atom. The largest absolute Gasteiger partial charge is 0.494 e. The molecule has 2 rings (SSSR count). The highest BCUT2D eigenvalue weighted by atomic mass is 32.2. The second kappa shape index (κ2) is 5.49. The highest BCUT2D eigenvalue weighted by Gasteiger charge is 2.18. The van der Waals surface area contributed by atoms with Gasteiger partial charge in [0.05, 0.1) is 18.2 Å². The minimum atomic E-state index is -3.88. The van der Waals surface area contributed by atoms with E-state index in [0.29, 0.717) is 6.42 Å². The van der Waals surface area contributed by atoms with Gasteiger partial charge in [0.15, 0.2) is 11.6 Å². The van der Waals surface area contributed by atoms with Gasteiger partial charge in [-0.1, -0.05) is 6.92 Å². The fourth-order valence-electron chi connectivity index (χ4n) is 1.68. The Morgan fingerprint density at radius 3 is 2.80 bits per heavy atom.